The van der Waals surface area contributed by atoms with Crippen LogP contribution in [0.4, 0.5) is 0 Å². The fourth-order valence-electron chi connectivity index (χ4n) is 3.76. The van der Waals surface area contributed by atoms with E-state index in [4.69, 9.17) is 4.74 Å². The largest absolute Gasteiger partial charge is 0.465 e. The molecule has 0 bridgehead atoms. The van der Waals surface area contributed by atoms with Crippen molar-refractivity contribution in [3.8, 4) is 0 Å². The van der Waals surface area contributed by atoms with E-state index in [1.54, 1.807) is 0 Å². The molecule has 1 aliphatic heterocycles. The normalized spacial score (nSPS) is 30.4. The Morgan fingerprint density at radius 3 is 2.38 bits per heavy atom. The zero-order valence-electron chi connectivity index (χ0n) is 11.5. The molecule has 4 atom stereocenters. The fourth-order valence-corrected chi connectivity index (χ4v) is 3.76. The van der Waals surface area contributed by atoms with Gasteiger partial charge < -0.3 is 9.84 Å². The number of fused-ring (bicyclic) bond motifs is 2. The molecule has 1 heterocycles. The first kappa shape index (κ1) is 12.6. The maximum atomic E-state index is 12.2. The second-order valence-electron chi connectivity index (χ2n) is 5.78. The predicted molar refractivity (Wildman–Crippen MR) is 77.6 cm³/mol. The SMILES string of the molecule is O=C1OC[C@H]2[C@@H]1[C@H](c1ccccc1)c1ccccc1[C@H]2O. The molecule has 21 heavy (non-hydrogen) atoms. The van der Waals surface area contributed by atoms with E-state index < -0.39 is 6.10 Å². The number of aliphatic hydroxyl groups excluding tert-OH is 1. The number of ether oxygens (including phenoxy) is 1. The average Bonchev–Trinajstić information content (AvgIpc) is 2.91. The van der Waals surface area contributed by atoms with Crippen LogP contribution in [-0.2, 0) is 9.53 Å². The predicted octanol–water partition coefficient (Wildman–Crippen LogP) is 2.65. The van der Waals surface area contributed by atoms with Crippen LogP contribution in [0.5, 0.6) is 0 Å². The third kappa shape index (κ3) is 1.81. The maximum Gasteiger partial charge on any atom is 0.310 e. The zero-order chi connectivity index (χ0) is 14.4. The Labute approximate surface area is 123 Å². The highest BCUT2D eigenvalue weighted by molar-refractivity contribution is 5.78. The second-order valence-corrected chi connectivity index (χ2v) is 5.78. The summed E-state index contributed by atoms with van der Waals surface area (Å²) in [4.78, 5) is 12.2. The molecule has 0 saturated carbocycles. The lowest BCUT2D eigenvalue weighted by atomic mass is 9.66. The molecule has 0 amide bonds. The number of aliphatic hydroxyl groups is 1. The Bertz CT molecular complexity index is 680. The molecule has 4 rings (SSSR count). The van der Waals surface area contributed by atoms with E-state index in [2.05, 4.69) is 0 Å². The first-order chi connectivity index (χ1) is 10.3. The van der Waals surface area contributed by atoms with Crippen molar-refractivity contribution in [2.45, 2.75) is 12.0 Å². The number of cyclic esters (lactones) is 1. The van der Waals surface area contributed by atoms with Gasteiger partial charge in [-0.2, -0.15) is 0 Å². The van der Waals surface area contributed by atoms with Crippen LogP contribution in [0.1, 0.15) is 28.7 Å². The van der Waals surface area contributed by atoms with Crippen molar-refractivity contribution in [3.05, 3.63) is 71.3 Å². The van der Waals surface area contributed by atoms with Crippen molar-refractivity contribution in [3.63, 3.8) is 0 Å². The van der Waals surface area contributed by atoms with Gasteiger partial charge in [-0.25, -0.2) is 0 Å². The van der Waals surface area contributed by atoms with E-state index in [0.29, 0.717) is 6.61 Å². The van der Waals surface area contributed by atoms with Crippen molar-refractivity contribution in [2.75, 3.05) is 6.61 Å². The molecule has 1 aliphatic carbocycles. The van der Waals surface area contributed by atoms with E-state index in [1.807, 2.05) is 54.6 Å². The lowest BCUT2D eigenvalue weighted by Gasteiger charge is -2.36. The number of hydrogen-bond acceptors (Lipinski definition) is 3. The molecule has 2 aliphatic rings. The molecule has 1 saturated heterocycles. The van der Waals surface area contributed by atoms with E-state index in [0.717, 1.165) is 16.7 Å². The Balaban J connectivity index is 1.93. The van der Waals surface area contributed by atoms with Gasteiger partial charge in [-0.05, 0) is 16.7 Å². The Hall–Kier alpha value is -2.13. The topological polar surface area (TPSA) is 46.5 Å². The third-order valence-corrected chi connectivity index (χ3v) is 4.72. The molecule has 2 aromatic carbocycles. The highest BCUT2D eigenvalue weighted by atomic mass is 16.5. The van der Waals surface area contributed by atoms with Gasteiger partial charge in [0.15, 0.2) is 0 Å². The van der Waals surface area contributed by atoms with Crippen molar-refractivity contribution >= 4 is 5.97 Å². The van der Waals surface area contributed by atoms with Crippen molar-refractivity contribution in [1.82, 2.24) is 0 Å². The molecule has 3 heteroatoms. The highest BCUT2D eigenvalue weighted by Crippen LogP contribution is 2.51. The van der Waals surface area contributed by atoms with E-state index in [1.165, 1.54) is 0 Å². The highest BCUT2D eigenvalue weighted by Gasteiger charge is 2.51. The van der Waals surface area contributed by atoms with Crippen molar-refractivity contribution in [1.29, 1.82) is 0 Å². The van der Waals surface area contributed by atoms with Gasteiger partial charge in [-0.15, -0.1) is 0 Å². The Morgan fingerprint density at radius 2 is 1.62 bits per heavy atom. The standard InChI is InChI=1S/C18H16O3/c19-17-13-9-5-4-8-12(13)15(11-6-2-1-3-7-11)16-14(17)10-21-18(16)20/h1-9,14-17,19H,10H2/t14-,15+,16+,17+/m0/s1. The summed E-state index contributed by atoms with van der Waals surface area (Å²) in [6, 6.07) is 17.9. The lowest BCUT2D eigenvalue weighted by Crippen LogP contribution is -2.34. The molecule has 0 unspecified atom stereocenters. The summed E-state index contributed by atoms with van der Waals surface area (Å²) in [5.74, 6) is -0.678. The number of hydrogen-bond donors (Lipinski definition) is 1. The van der Waals surface area contributed by atoms with Crippen LogP contribution < -0.4 is 0 Å². The van der Waals surface area contributed by atoms with Gasteiger partial charge in [0.05, 0.1) is 18.6 Å². The summed E-state index contributed by atoms with van der Waals surface area (Å²) in [5.41, 5.74) is 3.06. The van der Waals surface area contributed by atoms with Crippen LogP contribution in [0, 0.1) is 11.8 Å². The number of carbonyl (C=O) groups excluding carboxylic acids is 1. The number of esters is 1. The van der Waals surface area contributed by atoms with Crippen molar-refractivity contribution in [2.24, 2.45) is 11.8 Å². The summed E-state index contributed by atoms with van der Waals surface area (Å²) < 4.78 is 5.25. The summed E-state index contributed by atoms with van der Waals surface area (Å²) >= 11 is 0. The van der Waals surface area contributed by atoms with Crippen LogP contribution in [0.2, 0.25) is 0 Å². The first-order valence-corrected chi connectivity index (χ1v) is 7.26. The van der Waals surface area contributed by atoms with Crippen molar-refractivity contribution < 1.29 is 14.6 Å². The Kier molecular flexibility index (Phi) is 2.82. The molecule has 3 nitrogen and oxygen atoms in total. The van der Waals surface area contributed by atoms with Gasteiger partial charge in [-0.3, -0.25) is 4.79 Å². The van der Waals surface area contributed by atoms with Gasteiger partial charge in [0.1, 0.15) is 0 Å². The fraction of sp³-hybridized carbons (Fsp3) is 0.278. The number of carbonyl (C=O) groups is 1. The molecule has 1 fully saturated rings. The summed E-state index contributed by atoms with van der Waals surface area (Å²) in [7, 11) is 0. The van der Waals surface area contributed by atoms with Gasteiger partial charge in [0.2, 0.25) is 0 Å². The smallest absolute Gasteiger partial charge is 0.310 e. The summed E-state index contributed by atoms with van der Waals surface area (Å²) in [6.45, 7) is 0.308. The van der Waals surface area contributed by atoms with Crippen LogP contribution >= 0.6 is 0 Å². The van der Waals surface area contributed by atoms with Gasteiger partial charge in [-0.1, -0.05) is 54.6 Å². The maximum absolute atomic E-state index is 12.2. The van der Waals surface area contributed by atoms with Gasteiger partial charge in [0.25, 0.3) is 0 Å². The van der Waals surface area contributed by atoms with Crippen LogP contribution in [0.3, 0.4) is 0 Å². The second kappa shape index (κ2) is 4.71. The molecular formula is C18H16O3. The number of rotatable bonds is 1. The molecule has 0 aromatic heterocycles. The quantitative estimate of drug-likeness (QED) is 0.817. The summed E-state index contributed by atoms with van der Waals surface area (Å²) in [6.07, 6.45) is -0.627. The minimum absolute atomic E-state index is 0.0363. The molecule has 106 valence electrons. The van der Waals surface area contributed by atoms with E-state index >= 15 is 0 Å². The average molecular weight is 280 g/mol. The van der Waals surface area contributed by atoms with E-state index in [9.17, 15) is 9.90 Å². The molecule has 0 spiro atoms. The van der Waals surface area contributed by atoms with Gasteiger partial charge in [0, 0.05) is 11.8 Å². The molecular weight excluding hydrogens is 264 g/mol. The molecule has 1 N–H and O–H groups in total. The minimum atomic E-state index is -0.627. The van der Waals surface area contributed by atoms with E-state index in [-0.39, 0.29) is 23.7 Å². The molecule has 0 radical (unpaired) electrons. The van der Waals surface area contributed by atoms with Gasteiger partial charge >= 0.3 is 5.97 Å². The number of benzene rings is 2. The Morgan fingerprint density at radius 1 is 0.952 bits per heavy atom. The minimum Gasteiger partial charge on any atom is -0.465 e. The van der Waals surface area contributed by atoms with Crippen LogP contribution in [-0.4, -0.2) is 17.7 Å². The third-order valence-electron chi connectivity index (χ3n) is 4.72. The molecule has 2 aromatic rings. The van der Waals surface area contributed by atoms with Crippen LogP contribution in [0.15, 0.2) is 54.6 Å². The van der Waals surface area contributed by atoms with Crippen LogP contribution in [0.25, 0.3) is 0 Å². The monoisotopic (exact) mass is 280 g/mol. The lowest BCUT2D eigenvalue weighted by molar-refractivity contribution is -0.141. The first-order valence-electron chi connectivity index (χ1n) is 7.26. The summed E-state index contributed by atoms with van der Waals surface area (Å²) in [5, 5.41) is 10.6. The zero-order valence-corrected chi connectivity index (χ0v) is 11.5.